The maximum absolute atomic E-state index is 11.8. The van der Waals surface area contributed by atoms with E-state index in [1.165, 1.54) is 24.3 Å². The van der Waals surface area contributed by atoms with Gasteiger partial charge in [0.25, 0.3) is 11.6 Å². The fourth-order valence-corrected chi connectivity index (χ4v) is 1.20. The van der Waals surface area contributed by atoms with Crippen molar-refractivity contribution in [2.75, 3.05) is 0 Å². The second-order valence-electron chi connectivity index (χ2n) is 4.50. The van der Waals surface area contributed by atoms with Gasteiger partial charge in [-0.1, -0.05) is 6.92 Å². The highest BCUT2D eigenvalue weighted by Gasteiger charge is 2.19. The standard InChI is InChI=1S/C12H16N2O3/c1-4-12(2,3)13-11(15)9-5-7-10(8-6-9)14(16)17/h5-8H,4H2,1-3H3,(H,13,15). The number of nitro groups is 1. The first-order valence-corrected chi connectivity index (χ1v) is 5.42. The molecular weight excluding hydrogens is 220 g/mol. The van der Waals surface area contributed by atoms with E-state index in [-0.39, 0.29) is 17.1 Å². The predicted octanol–water partition coefficient (Wildman–Crippen LogP) is 2.51. The Bertz CT molecular complexity index is 424. The van der Waals surface area contributed by atoms with Gasteiger partial charge in [-0.15, -0.1) is 0 Å². The van der Waals surface area contributed by atoms with Crippen molar-refractivity contribution in [3.63, 3.8) is 0 Å². The summed E-state index contributed by atoms with van der Waals surface area (Å²) in [6.45, 7) is 5.84. The monoisotopic (exact) mass is 236 g/mol. The van der Waals surface area contributed by atoms with Crippen LogP contribution < -0.4 is 5.32 Å². The number of nitrogens with one attached hydrogen (secondary N) is 1. The SMILES string of the molecule is CCC(C)(C)NC(=O)c1ccc([N+](=O)[O-])cc1. The van der Waals surface area contributed by atoms with Crippen LogP contribution in [0.4, 0.5) is 5.69 Å². The van der Waals surface area contributed by atoms with Gasteiger partial charge in [0.05, 0.1) is 4.92 Å². The molecule has 92 valence electrons. The molecule has 0 aliphatic rings. The summed E-state index contributed by atoms with van der Waals surface area (Å²) in [5, 5.41) is 13.3. The molecule has 0 aliphatic heterocycles. The molecule has 5 nitrogen and oxygen atoms in total. The van der Waals surface area contributed by atoms with E-state index in [9.17, 15) is 14.9 Å². The molecule has 0 unspecified atom stereocenters. The van der Waals surface area contributed by atoms with Crippen molar-refractivity contribution < 1.29 is 9.72 Å². The van der Waals surface area contributed by atoms with Crippen molar-refractivity contribution in [2.24, 2.45) is 0 Å². The minimum absolute atomic E-state index is 0.0173. The molecule has 5 heteroatoms. The van der Waals surface area contributed by atoms with Gasteiger partial charge in [-0.2, -0.15) is 0 Å². The number of hydrogen-bond donors (Lipinski definition) is 1. The number of nitrogens with zero attached hydrogens (tertiary/aromatic N) is 1. The summed E-state index contributed by atoms with van der Waals surface area (Å²) in [5.41, 5.74) is 0.132. The molecule has 0 aliphatic carbocycles. The molecule has 0 saturated carbocycles. The van der Waals surface area contributed by atoms with E-state index in [1.54, 1.807) is 0 Å². The lowest BCUT2D eigenvalue weighted by atomic mass is 10.0. The van der Waals surface area contributed by atoms with Crippen molar-refractivity contribution in [3.8, 4) is 0 Å². The highest BCUT2D eigenvalue weighted by molar-refractivity contribution is 5.94. The molecule has 0 heterocycles. The van der Waals surface area contributed by atoms with Crippen LogP contribution in [0, 0.1) is 10.1 Å². The summed E-state index contributed by atoms with van der Waals surface area (Å²) in [4.78, 5) is 21.8. The van der Waals surface area contributed by atoms with Gasteiger partial charge in [0.2, 0.25) is 0 Å². The van der Waals surface area contributed by atoms with Gasteiger partial charge in [-0.3, -0.25) is 14.9 Å². The zero-order valence-electron chi connectivity index (χ0n) is 10.2. The molecule has 17 heavy (non-hydrogen) atoms. The van der Waals surface area contributed by atoms with Gasteiger partial charge in [0.15, 0.2) is 0 Å². The highest BCUT2D eigenvalue weighted by atomic mass is 16.6. The lowest BCUT2D eigenvalue weighted by Gasteiger charge is -2.24. The van der Waals surface area contributed by atoms with E-state index in [1.807, 2.05) is 20.8 Å². The molecule has 0 atom stereocenters. The summed E-state index contributed by atoms with van der Waals surface area (Å²) in [7, 11) is 0. The van der Waals surface area contributed by atoms with Gasteiger partial charge in [0.1, 0.15) is 0 Å². The number of hydrogen-bond acceptors (Lipinski definition) is 3. The normalized spacial score (nSPS) is 11.0. The molecule has 0 bridgehead atoms. The summed E-state index contributed by atoms with van der Waals surface area (Å²) in [6.07, 6.45) is 0.811. The van der Waals surface area contributed by atoms with Crippen LogP contribution in [-0.2, 0) is 0 Å². The largest absolute Gasteiger partial charge is 0.347 e. The average Bonchev–Trinajstić information content (AvgIpc) is 2.28. The van der Waals surface area contributed by atoms with Gasteiger partial charge in [0, 0.05) is 23.2 Å². The molecule has 0 spiro atoms. The van der Waals surface area contributed by atoms with E-state index >= 15 is 0 Å². The van der Waals surface area contributed by atoms with Crippen LogP contribution in [0.2, 0.25) is 0 Å². The molecule has 1 aromatic rings. The second kappa shape index (κ2) is 4.95. The van der Waals surface area contributed by atoms with Crippen molar-refractivity contribution in [2.45, 2.75) is 32.7 Å². The highest BCUT2D eigenvalue weighted by Crippen LogP contribution is 2.13. The summed E-state index contributed by atoms with van der Waals surface area (Å²) >= 11 is 0. The molecule has 0 radical (unpaired) electrons. The lowest BCUT2D eigenvalue weighted by molar-refractivity contribution is -0.384. The Hall–Kier alpha value is -1.91. The van der Waals surface area contributed by atoms with Crippen molar-refractivity contribution >= 4 is 11.6 Å². The first-order valence-electron chi connectivity index (χ1n) is 5.42. The second-order valence-corrected chi connectivity index (χ2v) is 4.50. The maximum Gasteiger partial charge on any atom is 0.269 e. The Balaban J connectivity index is 2.80. The average molecular weight is 236 g/mol. The quantitative estimate of drug-likeness (QED) is 0.644. The van der Waals surface area contributed by atoms with Crippen LogP contribution in [0.5, 0.6) is 0 Å². The molecular formula is C12H16N2O3. The first kappa shape index (κ1) is 13.2. The van der Waals surface area contributed by atoms with Crippen LogP contribution in [0.1, 0.15) is 37.6 Å². The third-order valence-corrected chi connectivity index (χ3v) is 2.68. The molecule has 0 fully saturated rings. The smallest absolute Gasteiger partial charge is 0.269 e. The van der Waals surface area contributed by atoms with E-state index in [0.717, 1.165) is 6.42 Å². The molecule has 1 rings (SSSR count). The minimum atomic E-state index is -0.488. The Kier molecular flexibility index (Phi) is 3.83. The van der Waals surface area contributed by atoms with Crippen LogP contribution >= 0.6 is 0 Å². The zero-order chi connectivity index (χ0) is 13.1. The van der Waals surface area contributed by atoms with Gasteiger partial charge in [-0.05, 0) is 32.4 Å². The van der Waals surface area contributed by atoms with Crippen molar-refractivity contribution in [1.29, 1.82) is 0 Å². The fourth-order valence-electron chi connectivity index (χ4n) is 1.20. The summed E-state index contributed by atoms with van der Waals surface area (Å²) < 4.78 is 0. The zero-order valence-corrected chi connectivity index (χ0v) is 10.2. The number of rotatable bonds is 4. The third-order valence-electron chi connectivity index (χ3n) is 2.68. The number of non-ortho nitro benzene ring substituents is 1. The molecule has 0 aromatic heterocycles. The Labute approximate surface area is 100.0 Å². The molecule has 0 saturated heterocycles. The van der Waals surface area contributed by atoms with E-state index in [2.05, 4.69) is 5.32 Å². The number of carbonyl (C=O) groups excluding carboxylic acids is 1. The van der Waals surface area contributed by atoms with E-state index in [0.29, 0.717) is 5.56 Å². The fraction of sp³-hybridized carbons (Fsp3) is 0.417. The predicted molar refractivity (Wildman–Crippen MR) is 64.9 cm³/mol. The molecule has 1 N–H and O–H groups in total. The number of nitro benzene ring substituents is 1. The third kappa shape index (κ3) is 3.55. The van der Waals surface area contributed by atoms with Crippen molar-refractivity contribution in [1.82, 2.24) is 5.32 Å². The van der Waals surface area contributed by atoms with Crippen LogP contribution in [0.3, 0.4) is 0 Å². The number of carbonyl (C=O) groups is 1. The van der Waals surface area contributed by atoms with Gasteiger partial charge >= 0.3 is 0 Å². The first-order chi connectivity index (χ1) is 7.85. The van der Waals surface area contributed by atoms with Gasteiger partial charge < -0.3 is 5.32 Å². The summed E-state index contributed by atoms with van der Waals surface area (Å²) in [6, 6.07) is 5.57. The summed E-state index contributed by atoms with van der Waals surface area (Å²) in [5.74, 6) is -0.216. The molecule has 1 amide bonds. The van der Waals surface area contributed by atoms with Crippen molar-refractivity contribution in [3.05, 3.63) is 39.9 Å². The van der Waals surface area contributed by atoms with E-state index < -0.39 is 4.92 Å². The number of benzene rings is 1. The van der Waals surface area contributed by atoms with Crippen LogP contribution in [-0.4, -0.2) is 16.4 Å². The van der Waals surface area contributed by atoms with Gasteiger partial charge in [-0.25, -0.2) is 0 Å². The Morgan fingerprint density at radius 3 is 2.29 bits per heavy atom. The van der Waals surface area contributed by atoms with E-state index in [4.69, 9.17) is 0 Å². The topological polar surface area (TPSA) is 72.2 Å². The van der Waals surface area contributed by atoms with Crippen LogP contribution in [0.25, 0.3) is 0 Å². The Morgan fingerprint density at radius 1 is 1.35 bits per heavy atom. The van der Waals surface area contributed by atoms with Crippen LogP contribution in [0.15, 0.2) is 24.3 Å². The number of amides is 1. The molecule has 1 aromatic carbocycles. The minimum Gasteiger partial charge on any atom is -0.347 e. The Morgan fingerprint density at radius 2 is 1.88 bits per heavy atom. The lowest BCUT2D eigenvalue weighted by Crippen LogP contribution is -2.42. The maximum atomic E-state index is 11.8.